The van der Waals surface area contributed by atoms with Crippen LogP contribution in [0, 0.1) is 63.7 Å². The van der Waals surface area contributed by atoms with E-state index in [2.05, 4.69) is 122 Å². The molecule has 0 radical (unpaired) electrons. The maximum Gasteiger partial charge on any atom is 0.264 e. The van der Waals surface area contributed by atoms with Gasteiger partial charge in [-0.05, 0) is 182 Å². The van der Waals surface area contributed by atoms with E-state index in [1.807, 2.05) is 34.6 Å². The van der Waals surface area contributed by atoms with E-state index >= 15 is 0 Å². The van der Waals surface area contributed by atoms with Gasteiger partial charge in [-0.15, -0.1) is 0 Å². The summed E-state index contributed by atoms with van der Waals surface area (Å²) in [7, 11) is 0. The van der Waals surface area contributed by atoms with Gasteiger partial charge in [0.15, 0.2) is 23.3 Å². The summed E-state index contributed by atoms with van der Waals surface area (Å²) in [5.41, 5.74) is 5.57. The van der Waals surface area contributed by atoms with Gasteiger partial charge in [0.1, 0.15) is 5.56 Å². The van der Waals surface area contributed by atoms with Crippen molar-refractivity contribution in [3.63, 3.8) is 0 Å². The summed E-state index contributed by atoms with van der Waals surface area (Å²) in [6, 6.07) is 8.56. The standard InChI is InChI=1S/C16H21NO2.C11H6Br5NO2.C11H6F5NO2.C11H11NO2/c1-8(2)15(18)17-16(19)14-12(6)10(4)9(3)11(5)13(14)7;2*1-3(2)10(18)17-11(19)4-5(12)7(14)9(16)8(15)6(4)13;1-8(2)10(13)12-11(14)9-6-4-3-5-7-9/h1H2,2-7H3,(H,17,18,19);2*1H2,2H3,(H,17,18,19);3-7H,1H2,2H3,(H,12,13,14). The number of imide groups is 4. The van der Waals surface area contributed by atoms with Gasteiger partial charge >= 0.3 is 0 Å². The van der Waals surface area contributed by atoms with Crippen molar-refractivity contribution in [2.45, 2.75) is 62.3 Å². The molecule has 0 spiro atoms. The lowest BCUT2D eigenvalue weighted by Crippen LogP contribution is -2.33. The van der Waals surface area contributed by atoms with Gasteiger partial charge in [0.2, 0.25) is 5.82 Å². The highest BCUT2D eigenvalue weighted by molar-refractivity contribution is 9.15. The van der Waals surface area contributed by atoms with Crippen LogP contribution in [0.5, 0.6) is 0 Å². The van der Waals surface area contributed by atoms with Crippen molar-refractivity contribution in [3.8, 4) is 0 Å². The van der Waals surface area contributed by atoms with Gasteiger partial charge < -0.3 is 0 Å². The molecule has 0 saturated carbocycles. The first kappa shape index (κ1) is 63.5. The summed E-state index contributed by atoms with van der Waals surface area (Å²) in [5, 5.41) is 8.29. The molecule has 4 N–H and O–H groups in total. The molecule has 0 unspecified atom stereocenters. The lowest BCUT2D eigenvalue weighted by Gasteiger charge is -2.17. The van der Waals surface area contributed by atoms with Crippen LogP contribution in [0.3, 0.4) is 0 Å². The number of hydrogen-bond acceptors (Lipinski definition) is 8. The van der Waals surface area contributed by atoms with E-state index in [4.69, 9.17) is 0 Å². The van der Waals surface area contributed by atoms with Crippen LogP contribution in [0.2, 0.25) is 0 Å². The molecule has 22 heteroatoms. The summed E-state index contributed by atoms with van der Waals surface area (Å²) in [6.45, 7) is 29.3. The highest BCUT2D eigenvalue weighted by Gasteiger charge is 2.31. The van der Waals surface area contributed by atoms with Gasteiger partial charge in [-0.1, -0.05) is 44.5 Å². The minimum absolute atomic E-state index is 0.183. The Kier molecular flexibility index (Phi) is 24.9. The number of carbonyl (C=O) groups excluding carboxylic acids is 8. The molecule has 4 aromatic carbocycles. The number of carbonyl (C=O) groups is 8. The quantitative estimate of drug-likeness (QED) is 0.0581. The number of halogens is 10. The Morgan fingerprint density at radius 3 is 0.944 bits per heavy atom. The number of hydrogen-bond donors (Lipinski definition) is 4. The van der Waals surface area contributed by atoms with Crippen molar-refractivity contribution in [3.05, 3.63) is 180 Å². The molecule has 0 saturated heterocycles. The van der Waals surface area contributed by atoms with E-state index in [-0.39, 0.29) is 17.1 Å². The number of benzene rings is 4. The molecule has 4 aromatic rings. The zero-order valence-corrected chi connectivity index (χ0v) is 47.2. The van der Waals surface area contributed by atoms with Crippen LogP contribution in [-0.2, 0) is 19.2 Å². The van der Waals surface area contributed by atoms with E-state index < -0.39 is 76.0 Å². The van der Waals surface area contributed by atoms with Crippen LogP contribution in [0.4, 0.5) is 22.0 Å². The number of amides is 8. The molecular formula is C49H44Br5F5N4O8. The third-order valence-electron chi connectivity index (χ3n) is 9.60. The lowest BCUT2D eigenvalue weighted by atomic mass is 9.89. The smallest absolute Gasteiger partial charge is 0.264 e. The minimum atomic E-state index is -2.39. The second-order valence-corrected chi connectivity index (χ2v) is 19.0. The molecule has 0 aliphatic heterocycles. The highest BCUT2D eigenvalue weighted by Crippen LogP contribution is 2.44. The Labute approximate surface area is 448 Å². The number of rotatable bonds is 8. The molecule has 0 aliphatic rings. The Balaban J connectivity index is 0.000000476. The first-order chi connectivity index (χ1) is 32.6. The van der Waals surface area contributed by atoms with Gasteiger partial charge in [0, 0.05) is 55.8 Å². The van der Waals surface area contributed by atoms with Gasteiger partial charge in [-0.25, -0.2) is 22.0 Å². The lowest BCUT2D eigenvalue weighted by molar-refractivity contribution is -0.117. The van der Waals surface area contributed by atoms with Gasteiger partial charge in [0.05, 0.1) is 5.56 Å². The fraction of sp³-hybridized carbons (Fsp3) is 0.184. The average Bonchev–Trinajstić information content (AvgIpc) is 3.30. The third-order valence-corrected chi connectivity index (χ3v) is 15.7. The Bertz CT molecular complexity index is 2610. The molecule has 12 nitrogen and oxygen atoms in total. The van der Waals surface area contributed by atoms with Crippen LogP contribution in [-0.4, -0.2) is 47.3 Å². The molecule has 0 aromatic heterocycles. The molecule has 71 heavy (non-hydrogen) atoms. The van der Waals surface area contributed by atoms with Crippen LogP contribution in [0.25, 0.3) is 0 Å². The largest absolute Gasteiger partial charge is 0.288 e. The second-order valence-electron chi connectivity index (χ2n) is 15.0. The van der Waals surface area contributed by atoms with E-state index in [1.165, 1.54) is 24.7 Å². The van der Waals surface area contributed by atoms with Crippen LogP contribution in [0.1, 0.15) is 96.9 Å². The van der Waals surface area contributed by atoms with E-state index in [1.54, 1.807) is 44.2 Å². The van der Waals surface area contributed by atoms with Crippen molar-refractivity contribution in [2.75, 3.05) is 0 Å². The van der Waals surface area contributed by atoms with Gasteiger partial charge in [0.25, 0.3) is 47.3 Å². The fourth-order valence-corrected chi connectivity index (χ4v) is 8.54. The average molecular weight is 1310 g/mol. The SMILES string of the molecule is C=C(C)C(=O)NC(=O)c1c(Br)c(Br)c(Br)c(Br)c1Br.C=C(C)C(=O)NC(=O)c1c(C)c(C)c(C)c(C)c1C.C=C(C)C(=O)NC(=O)c1c(F)c(F)c(F)c(F)c1F.C=C(C)C(=O)NC(=O)c1ccccc1. The molecule has 0 atom stereocenters. The summed E-state index contributed by atoms with van der Waals surface area (Å²) in [4.78, 5) is 92.3. The summed E-state index contributed by atoms with van der Waals surface area (Å²) >= 11 is 16.7. The van der Waals surface area contributed by atoms with E-state index in [9.17, 15) is 60.3 Å². The zero-order valence-electron chi connectivity index (χ0n) is 39.3. The molecule has 4 rings (SSSR count). The van der Waals surface area contributed by atoms with Crippen molar-refractivity contribution in [1.82, 2.24) is 21.3 Å². The molecule has 0 bridgehead atoms. The van der Waals surface area contributed by atoms with Crippen LogP contribution in [0.15, 0.2) is 101 Å². The predicted octanol–water partition coefficient (Wildman–Crippen LogP) is 12.1. The molecular weight excluding hydrogens is 1270 g/mol. The van der Waals surface area contributed by atoms with Crippen LogP contribution >= 0.6 is 79.6 Å². The molecule has 0 heterocycles. The Morgan fingerprint density at radius 2 is 0.620 bits per heavy atom. The number of nitrogens with one attached hydrogen (secondary N) is 4. The Morgan fingerprint density at radius 1 is 0.366 bits per heavy atom. The summed E-state index contributed by atoms with van der Waals surface area (Å²) in [6.07, 6.45) is 0. The summed E-state index contributed by atoms with van der Waals surface area (Å²) in [5.74, 6) is -17.1. The van der Waals surface area contributed by atoms with E-state index in [0.717, 1.165) is 26.7 Å². The Hall–Kier alpha value is -5.55. The van der Waals surface area contributed by atoms with E-state index in [0.29, 0.717) is 45.7 Å². The summed E-state index contributed by atoms with van der Waals surface area (Å²) < 4.78 is 67.8. The van der Waals surface area contributed by atoms with Crippen LogP contribution < -0.4 is 21.3 Å². The van der Waals surface area contributed by atoms with Gasteiger partial charge in [-0.3, -0.25) is 59.6 Å². The predicted molar refractivity (Wildman–Crippen MR) is 277 cm³/mol. The highest BCUT2D eigenvalue weighted by atomic mass is 79.9. The van der Waals surface area contributed by atoms with Crippen molar-refractivity contribution in [1.29, 1.82) is 0 Å². The topological polar surface area (TPSA) is 185 Å². The molecule has 8 amide bonds. The molecule has 0 aliphatic carbocycles. The first-order valence-corrected chi connectivity index (χ1v) is 23.8. The second kappa shape index (κ2) is 27.9. The van der Waals surface area contributed by atoms with Crippen molar-refractivity contribution in [2.24, 2.45) is 0 Å². The minimum Gasteiger partial charge on any atom is -0.288 e. The molecule has 0 fully saturated rings. The zero-order chi connectivity index (χ0) is 55.3. The normalized spacial score (nSPS) is 10.0. The molecule has 378 valence electrons. The van der Waals surface area contributed by atoms with Crippen molar-refractivity contribution < 1.29 is 60.3 Å². The fourth-order valence-electron chi connectivity index (χ4n) is 5.14. The van der Waals surface area contributed by atoms with Crippen molar-refractivity contribution >= 4 is 127 Å². The third kappa shape index (κ3) is 16.8. The maximum atomic E-state index is 13.2. The maximum absolute atomic E-state index is 13.2. The van der Waals surface area contributed by atoms with Gasteiger partial charge in [-0.2, -0.15) is 0 Å². The monoisotopic (exact) mass is 1310 g/mol. The first-order valence-electron chi connectivity index (χ1n) is 19.8.